The van der Waals surface area contributed by atoms with Crippen LogP contribution in [0.1, 0.15) is 12.5 Å². The normalized spacial score (nSPS) is 10.7. The summed E-state index contributed by atoms with van der Waals surface area (Å²) in [5, 5.41) is 19.2. The van der Waals surface area contributed by atoms with Crippen molar-refractivity contribution in [2.75, 3.05) is 12.0 Å². The first-order chi connectivity index (χ1) is 9.69. The van der Waals surface area contributed by atoms with Crippen molar-refractivity contribution in [3.05, 3.63) is 40.4 Å². The molecule has 8 heteroatoms. The summed E-state index contributed by atoms with van der Waals surface area (Å²) >= 11 is 0. The van der Waals surface area contributed by atoms with E-state index in [2.05, 4.69) is 25.7 Å². The third kappa shape index (κ3) is 3.55. The first-order valence-electron chi connectivity index (χ1n) is 5.85. The Hall–Kier alpha value is -2.90. The van der Waals surface area contributed by atoms with Crippen LogP contribution in [-0.4, -0.2) is 33.1 Å². The van der Waals surface area contributed by atoms with Crippen LogP contribution in [-0.2, 0) is 0 Å². The van der Waals surface area contributed by atoms with Crippen molar-refractivity contribution in [2.24, 2.45) is 5.10 Å². The van der Waals surface area contributed by atoms with E-state index in [1.165, 1.54) is 18.5 Å². The summed E-state index contributed by atoms with van der Waals surface area (Å²) in [7, 11) is 0. The van der Waals surface area contributed by atoms with Crippen LogP contribution < -0.4 is 15.9 Å². The molecule has 0 amide bonds. The van der Waals surface area contributed by atoms with Crippen molar-refractivity contribution in [1.82, 2.24) is 15.2 Å². The van der Waals surface area contributed by atoms with Crippen molar-refractivity contribution in [2.45, 2.75) is 6.92 Å². The Morgan fingerprint density at radius 3 is 3.15 bits per heavy atom. The van der Waals surface area contributed by atoms with E-state index in [-0.39, 0.29) is 11.6 Å². The minimum Gasteiger partial charge on any atom is -0.504 e. The summed E-state index contributed by atoms with van der Waals surface area (Å²) in [6.45, 7) is 2.28. The van der Waals surface area contributed by atoms with Gasteiger partial charge in [0.1, 0.15) is 0 Å². The summed E-state index contributed by atoms with van der Waals surface area (Å²) in [5.74, 6) is 0.679. The first-order valence-corrected chi connectivity index (χ1v) is 5.85. The lowest BCUT2D eigenvalue weighted by Gasteiger charge is -2.05. The van der Waals surface area contributed by atoms with E-state index in [1.54, 1.807) is 12.1 Å². The molecule has 0 radical (unpaired) electrons. The Kier molecular flexibility index (Phi) is 4.28. The molecule has 104 valence electrons. The molecular formula is C12H13N5O3. The number of phenols is 1. The van der Waals surface area contributed by atoms with E-state index >= 15 is 0 Å². The number of benzene rings is 1. The van der Waals surface area contributed by atoms with Gasteiger partial charge in [-0.1, -0.05) is 0 Å². The molecule has 20 heavy (non-hydrogen) atoms. The van der Waals surface area contributed by atoms with E-state index in [0.717, 1.165) is 5.56 Å². The Labute approximate surface area is 114 Å². The van der Waals surface area contributed by atoms with Crippen molar-refractivity contribution < 1.29 is 9.84 Å². The molecule has 2 aromatic rings. The fourth-order valence-electron chi connectivity index (χ4n) is 1.42. The number of hydrogen-bond acceptors (Lipinski definition) is 7. The number of H-pyrrole nitrogens is 1. The lowest BCUT2D eigenvalue weighted by Crippen LogP contribution is -2.13. The maximum Gasteiger partial charge on any atom is 0.363 e. The third-order valence-corrected chi connectivity index (χ3v) is 2.25. The highest BCUT2D eigenvalue weighted by Crippen LogP contribution is 2.26. The molecular weight excluding hydrogens is 262 g/mol. The number of hydrazone groups is 1. The standard InChI is InChI=1S/C12H13N5O3/c1-2-20-10-5-8(3-4-9(10)18)6-13-16-11-7-14-17-12(19)15-11/h3-7,18H,2H2,1H3,(H2,15,16,17,19). The molecule has 1 heterocycles. The van der Waals surface area contributed by atoms with Crippen LogP contribution in [0, 0.1) is 0 Å². The second-order valence-electron chi connectivity index (χ2n) is 3.70. The molecule has 0 aliphatic heterocycles. The number of aromatic nitrogens is 3. The van der Waals surface area contributed by atoms with Gasteiger partial charge in [-0.25, -0.2) is 9.89 Å². The topological polar surface area (TPSA) is 112 Å². The summed E-state index contributed by atoms with van der Waals surface area (Å²) in [4.78, 5) is 14.5. The average molecular weight is 275 g/mol. The zero-order valence-electron chi connectivity index (χ0n) is 10.7. The van der Waals surface area contributed by atoms with Crippen molar-refractivity contribution in [3.8, 4) is 11.5 Å². The van der Waals surface area contributed by atoms with Gasteiger partial charge < -0.3 is 9.84 Å². The van der Waals surface area contributed by atoms with Crippen LogP contribution in [0.15, 0.2) is 34.3 Å². The van der Waals surface area contributed by atoms with Gasteiger partial charge in [-0.05, 0) is 30.7 Å². The van der Waals surface area contributed by atoms with Crippen LogP contribution in [0.2, 0.25) is 0 Å². The molecule has 2 rings (SSSR count). The molecule has 3 N–H and O–H groups in total. The van der Waals surface area contributed by atoms with E-state index in [0.29, 0.717) is 12.4 Å². The quantitative estimate of drug-likeness (QED) is 0.547. The molecule has 0 atom stereocenters. The fraction of sp³-hybridized carbons (Fsp3) is 0.167. The van der Waals surface area contributed by atoms with Crippen LogP contribution in [0.4, 0.5) is 5.82 Å². The maximum atomic E-state index is 10.9. The van der Waals surface area contributed by atoms with Gasteiger partial charge in [-0.15, -0.1) is 0 Å². The highest BCUT2D eigenvalue weighted by Gasteiger charge is 2.02. The van der Waals surface area contributed by atoms with Crippen molar-refractivity contribution in [1.29, 1.82) is 0 Å². The fourth-order valence-corrected chi connectivity index (χ4v) is 1.42. The first kappa shape index (κ1) is 13.5. The van der Waals surface area contributed by atoms with Crippen LogP contribution in [0.25, 0.3) is 0 Å². The smallest absolute Gasteiger partial charge is 0.363 e. The van der Waals surface area contributed by atoms with Crippen LogP contribution in [0.3, 0.4) is 0 Å². The van der Waals surface area contributed by atoms with Crippen molar-refractivity contribution >= 4 is 12.0 Å². The lowest BCUT2D eigenvalue weighted by molar-refractivity contribution is 0.318. The number of aromatic hydroxyl groups is 1. The summed E-state index contributed by atoms with van der Waals surface area (Å²) in [5.41, 5.74) is 2.73. The predicted octanol–water partition coefficient (Wildman–Crippen LogP) is 0.715. The minimum atomic E-state index is -0.562. The molecule has 0 saturated carbocycles. The molecule has 1 aromatic heterocycles. The minimum absolute atomic E-state index is 0.0671. The number of nitrogens with one attached hydrogen (secondary N) is 2. The van der Waals surface area contributed by atoms with Gasteiger partial charge in [0, 0.05) is 0 Å². The number of hydrogen-bond donors (Lipinski definition) is 3. The molecule has 0 unspecified atom stereocenters. The summed E-state index contributed by atoms with van der Waals surface area (Å²) in [6.07, 6.45) is 2.84. The van der Waals surface area contributed by atoms with Gasteiger partial charge in [0.15, 0.2) is 17.3 Å². The van der Waals surface area contributed by atoms with Crippen molar-refractivity contribution in [3.63, 3.8) is 0 Å². The number of rotatable bonds is 5. The lowest BCUT2D eigenvalue weighted by atomic mass is 10.2. The van der Waals surface area contributed by atoms with Gasteiger partial charge in [0.2, 0.25) is 0 Å². The van der Waals surface area contributed by atoms with Gasteiger partial charge >= 0.3 is 5.69 Å². The zero-order chi connectivity index (χ0) is 14.4. The van der Waals surface area contributed by atoms with E-state index in [9.17, 15) is 9.90 Å². The second-order valence-corrected chi connectivity index (χ2v) is 3.70. The summed E-state index contributed by atoms with van der Waals surface area (Å²) < 4.78 is 5.26. The monoisotopic (exact) mass is 275 g/mol. The van der Waals surface area contributed by atoms with E-state index in [4.69, 9.17) is 4.74 Å². The van der Waals surface area contributed by atoms with E-state index < -0.39 is 5.69 Å². The molecule has 0 bridgehead atoms. The van der Waals surface area contributed by atoms with E-state index in [1.807, 2.05) is 6.92 Å². The zero-order valence-corrected chi connectivity index (χ0v) is 10.7. The van der Waals surface area contributed by atoms with Gasteiger partial charge in [-0.2, -0.15) is 15.2 Å². The average Bonchev–Trinajstić information content (AvgIpc) is 2.43. The Morgan fingerprint density at radius 2 is 2.40 bits per heavy atom. The number of nitrogens with zero attached hydrogens (tertiary/aromatic N) is 3. The Bertz CT molecular complexity index is 668. The molecule has 1 aromatic carbocycles. The number of anilines is 1. The molecule has 0 aliphatic rings. The summed E-state index contributed by atoms with van der Waals surface area (Å²) in [6, 6.07) is 4.83. The van der Waals surface area contributed by atoms with Gasteiger partial charge in [-0.3, -0.25) is 5.43 Å². The van der Waals surface area contributed by atoms with Crippen LogP contribution in [0.5, 0.6) is 11.5 Å². The Morgan fingerprint density at radius 1 is 1.55 bits per heavy atom. The van der Waals surface area contributed by atoms with Crippen LogP contribution >= 0.6 is 0 Å². The largest absolute Gasteiger partial charge is 0.504 e. The highest BCUT2D eigenvalue weighted by molar-refractivity contribution is 5.81. The highest BCUT2D eigenvalue weighted by atomic mass is 16.5. The number of aromatic amines is 1. The van der Waals surface area contributed by atoms with Gasteiger partial charge in [0.25, 0.3) is 0 Å². The third-order valence-electron chi connectivity index (χ3n) is 2.25. The predicted molar refractivity (Wildman–Crippen MR) is 73.1 cm³/mol. The maximum absolute atomic E-state index is 10.9. The SMILES string of the molecule is CCOc1cc(C=NNc2cn[nH]c(=O)n2)ccc1O. The molecule has 8 nitrogen and oxygen atoms in total. The molecule has 0 aliphatic carbocycles. The Balaban J connectivity index is 2.07. The molecule has 0 saturated heterocycles. The second kappa shape index (κ2) is 6.32. The number of phenolic OH excluding ortho intramolecular Hbond substituents is 1. The van der Waals surface area contributed by atoms with Gasteiger partial charge in [0.05, 0.1) is 19.0 Å². The molecule has 0 spiro atoms. The number of ether oxygens (including phenoxy) is 1. The molecule has 0 fully saturated rings.